The summed E-state index contributed by atoms with van der Waals surface area (Å²) in [6.07, 6.45) is 2.42. The van der Waals surface area contributed by atoms with Crippen molar-refractivity contribution in [3.8, 4) is 0 Å². The molecule has 126 valence electrons. The highest BCUT2D eigenvalue weighted by atomic mass is 35.5. The van der Waals surface area contributed by atoms with E-state index >= 15 is 0 Å². The van der Waals surface area contributed by atoms with Gasteiger partial charge in [-0.3, -0.25) is 0 Å². The number of aromatic nitrogens is 3. The highest BCUT2D eigenvalue weighted by molar-refractivity contribution is 7.89. The molecule has 23 heavy (non-hydrogen) atoms. The van der Waals surface area contributed by atoms with Gasteiger partial charge in [0.05, 0.1) is 11.1 Å². The molecule has 1 aromatic carbocycles. The lowest BCUT2D eigenvalue weighted by Crippen LogP contribution is -2.29. The molecule has 0 radical (unpaired) electrons. The van der Waals surface area contributed by atoms with Crippen molar-refractivity contribution in [3.63, 3.8) is 0 Å². The molecule has 2 aromatic rings. The number of aryl methyl sites for hydroxylation is 2. The van der Waals surface area contributed by atoms with Crippen molar-refractivity contribution in [1.29, 1.82) is 0 Å². The van der Waals surface area contributed by atoms with E-state index in [0.717, 1.165) is 12.5 Å². The molecule has 0 aliphatic carbocycles. The molecule has 0 bridgehead atoms. The molecule has 0 amide bonds. The Balaban J connectivity index is 2.31. The Labute approximate surface area is 139 Å². The van der Waals surface area contributed by atoms with Gasteiger partial charge in [0.15, 0.2) is 5.82 Å². The van der Waals surface area contributed by atoms with Crippen molar-refractivity contribution in [2.24, 2.45) is 0 Å². The van der Waals surface area contributed by atoms with Gasteiger partial charge in [0.2, 0.25) is 10.0 Å². The first-order chi connectivity index (χ1) is 10.8. The molecule has 0 fully saturated rings. The normalized spacial score (nSPS) is 13.3. The van der Waals surface area contributed by atoms with Gasteiger partial charge in [-0.05, 0) is 38.0 Å². The van der Waals surface area contributed by atoms with E-state index in [2.05, 4.69) is 14.9 Å². The molecule has 1 N–H and O–H groups in total. The van der Waals surface area contributed by atoms with Gasteiger partial charge >= 0.3 is 0 Å². The van der Waals surface area contributed by atoms with Crippen LogP contribution in [0.2, 0.25) is 5.02 Å². The van der Waals surface area contributed by atoms with E-state index in [9.17, 15) is 12.8 Å². The predicted octanol–water partition coefficient (Wildman–Crippen LogP) is 2.83. The van der Waals surface area contributed by atoms with E-state index in [1.54, 1.807) is 17.8 Å². The third-order valence-corrected chi connectivity index (χ3v) is 5.34. The smallest absolute Gasteiger partial charge is 0.242 e. The van der Waals surface area contributed by atoms with Crippen LogP contribution in [0.5, 0.6) is 0 Å². The standard InChI is InChI=1S/C14H18ClFN4O2S/c1-4-5-20-8-17-18-14(20)10(3)19-23(21,22)13-6-9(2)12(16)7-11(13)15/h6-8,10,19H,4-5H2,1-3H3. The summed E-state index contributed by atoms with van der Waals surface area (Å²) in [5.74, 6) is -0.0462. The van der Waals surface area contributed by atoms with E-state index in [-0.39, 0.29) is 15.5 Å². The van der Waals surface area contributed by atoms with Gasteiger partial charge in [-0.2, -0.15) is 0 Å². The average molecular weight is 361 g/mol. The first-order valence-corrected chi connectivity index (χ1v) is 8.98. The molecular weight excluding hydrogens is 343 g/mol. The highest BCUT2D eigenvalue weighted by Crippen LogP contribution is 2.26. The fourth-order valence-electron chi connectivity index (χ4n) is 2.20. The van der Waals surface area contributed by atoms with Gasteiger partial charge in [-0.1, -0.05) is 18.5 Å². The number of halogens is 2. The van der Waals surface area contributed by atoms with E-state index in [0.29, 0.717) is 12.4 Å². The van der Waals surface area contributed by atoms with Gasteiger partial charge in [0.1, 0.15) is 17.0 Å². The minimum atomic E-state index is -3.92. The van der Waals surface area contributed by atoms with E-state index in [1.807, 2.05) is 6.92 Å². The number of sulfonamides is 1. The van der Waals surface area contributed by atoms with Crippen molar-refractivity contribution < 1.29 is 12.8 Å². The lowest BCUT2D eigenvalue weighted by atomic mass is 10.2. The first kappa shape index (κ1) is 17.8. The quantitative estimate of drug-likeness (QED) is 0.859. The van der Waals surface area contributed by atoms with Crippen molar-refractivity contribution in [3.05, 3.63) is 40.7 Å². The molecule has 1 unspecified atom stereocenters. The summed E-state index contributed by atoms with van der Waals surface area (Å²) in [5.41, 5.74) is 0.205. The van der Waals surface area contributed by atoms with Crippen LogP contribution in [-0.4, -0.2) is 23.2 Å². The van der Waals surface area contributed by atoms with Crippen LogP contribution >= 0.6 is 11.6 Å². The molecule has 1 atom stereocenters. The van der Waals surface area contributed by atoms with Crippen LogP contribution in [0.4, 0.5) is 4.39 Å². The molecule has 0 aliphatic heterocycles. The van der Waals surface area contributed by atoms with Crippen LogP contribution in [-0.2, 0) is 16.6 Å². The topological polar surface area (TPSA) is 76.9 Å². The summed E-state index contributed by atoms with van der Waals surface area (Å²) in [7, 11) is -3.92. The van der Waals surface area contributed by atoms with E-state index in [4.69, 9.17) is 11.6 Å². The monoisotopic (exact) mass is 360 g/mol. The zero-order valence-corrected chi connectivity index (χ0v) is 14.6. The van der Waals surface area contributed by atoms with Crippen LogP contribution in [0.25, 0.3) is 0 Å². The molecule has 0 saturated carbocycles. The zero-order chi connectivity index (χ0) is 17.2. The first-order valence-electron chi connectivity index (χ1n) is 7.12. The van der Waals surface area contributed by atoms with E-state index < -0.39 is 21.9 Å². The van der Waals surface area contributed by atoms with Gasteiger partial charge in [0.25, 0.3) is 0 Å². The number of nitrogens with zero attached hydrogens (tertiary/aromatic N) is 3. The van der Waals surface area contributed by atoms with Crippen LogP contribution in [0.1, 0.15) is 37.7 Å². The number of hydrogen-bond donors (Lipinski definition) is 1. The Hall–Kier alpha value is -1.51. The Morgan fingerprint density at radius 3 is 2.78 bits per heavy atom. The third kappa shape index (κ3) is 3.88. The molecule has 1 heterocycles. The second kappa shape index (κ2) is 6.94. The Bertz CT molecular complexity index is 807. The van der Waals surface area contributed by atoms with Crippen LogP contribution in [0, 0.1) is 12.7 Å². The van der Waals surface area contributed by atoms with Gasteiger partial charge in [-0.15, -0.1) is 10.2 Å². The van der Waals surface area contributed by atoms with Crippen molar-refractivity contribution in [1.82, 2.24) is 19.5 Å². The zero-order valence-electron chi connectivity index (χ0n) is 13.0. The molecule has 9 heteroatoms. The second-order valence-corrected chi connectivity index (χ2v) is 7.35. The van der Waals surface area contributed by atoms with Crippen molar-refractivity contribution >= 4 is 21.6 Å². The molecule has 0 spiro atoms. The second-order valence-electron chi connectivity index (χ2n) is 5.26. The van der Waals surface area contributed by atoms with Crippen molar-refractivity contribution in [2.45, 2.75) is 44.7 Å². The SMILES string of the molecule is CCCn1cnnc1C(C)NS(=O)(=O)c1cc(C)c(F)cc1Cl. The van der Waals surface area contributed by atoms with Gasteiger partial charge < -0.3 is 4.57 Å². The third-order valence-electron chi connectivity index (χ3n) is 3.33. The lowest BCUT2D eigenvalue weighted by Gasteiger charge is -2.16. The lowest BCUT2D eigenvalue weighted by molar-refractivity contribution is 0.539. The summed E-state index contributed by atoms with van der Waals surface area (Å²) in [6.45, 7) is 5.83. The number of hydrogen-bond acceptors (Lipinski definition) is 4. The summed E-state index contributed by atoms with van der Waals surface area (Å²) < 4.78 is 42.8. The summed E-state index contributed by atoms with van der Waals surface area (Å²) in [5, 5.41) is 7.61. The summed E-state index contributed by atoms with van der Waals surface area (Å²) in [4.78, 5) is -0.161. The van der Waals surface area contributed by atoms with Gasteiger partial charge in [-0.25, -0.2) is 17.5 Å². The summed E-state index contributed by atoms with van der Waals surface area (Å²) in [6, 6.07) is 1.61. The van der Waals surface area contributed by atoms with Crippen molar-refractivity contribution in [2.75, 3.05) is 0 Å². The maximum Gasteiger partial charge on any atom is 0.242 e. The Kier molecular flexibility index (Phi) is 5.38. The minimum Gasteiger partial charge on any atom is -0.316 e. The molecule has 2 rings (SSSR count). The van der Waals surface area contributed by atoms with E-state index in [1.165, 1.54) is 13.0 Å². The largest absolute Gasteiger partial charge is 0.316 e. The Morgan fingerprint density at radius 1 is 1.43 bits per heavy atom. The van der Waals surface area contributed by atoms with Crippen LogP contribution in [0.15, 0.2) is 23.4 Å². The number of rotatable bonds is 6. The van der Waals surface area contributed by atoms with Crippen LogP contribution < -0.4 is 4.72 Å². The fourth-order valence-corrected chi connectivity index (χ4v) is 4.00. The van der Waals surface area contributed by atoms with Crippen LogP contribution in [0.3, 0.4) is 0 Å². The Morgan fingerprint density at radius 2 is 2.13 bits per heavy atom. The average Bonchev–Trinajstić information content (AvgIpc) is 2.91. The molecule has 6 nitrogen and oxygen atoms in total. The summed E-state index contributed by atoms with van der Waals surface area (Å²) >= 11 is 5.88. The molecular formula is C14H18ClFN4O2S. The highest BCUT2D eigenvalue weighted by Gasteiger charge is 2.24. The molecule has 1 aromatic heterocycles. The maximum atomic E-state index is 13.4. The van der Waals surface area contributed by atoms with Gasteiger partial charge in [0, 0.05) is 6.54 Å². The maximum absolute atomic E-state index is 13.4. The fraction of sp³-hybridized carbons (Fsp3) is 0.429. The minimum absolute atomic E-state index is 0.161. The molecule has 0 aliphatic rings. The predicted molar refractivity (Wildman–Crippen MR) is 85.2 cm³/mol. The number of nitrogens with one attached hydrogen (secondary N) is 1. The molecule has 0 saturated heterocycles. The number of benzene rings is 1.